The summed E-state index contributed by atoms with van der Waals surface area (Å²) in [6.45, 7) is 12.8. The molecule has 3 aromatic rings. The van der Waals surface area contributed by atoms with E-state index >= 15 is 0 Å². The Bertz CT molecular complexity index is 1520. The fraction of sp³-hybridized carbons (Fsp3) is 0.472. The molecule has 0 aliphatic heterocycles. The van der Waals surface area contributed by atoms with Gasteiger partial charge in [0.15, 0.2) is 5.78 Å². The summed E-state index contributed by atoms with van der Waals surface area (Å²) in [5.41, 5.74) is 1.98. The lowest BCUT2D eigenvalue weighted by Gasteiger charge is -2.22. The number of anilines is 1. The maximum Gasteiger partial charge on any atom is 0.232 e. The number of nitrogens with zero attached hydrogens (tertiary/aromatic N) is 2. The van der Waals surface area contributed by atoms with Crippen LogP contribution >= 0.6 is 0 Å². The van der Waals surface area contributed by atoms with Gasteiger partial charge in [0, 0.05) is 37.0 Å². The van der Waals surface area contributed by atoms with Gasteiger partial charge in [0.25, 0.3) is 0 Å². The number of furan rings is 1. The van der Waals surface area contributed by atoms with Crippen LogP contribution in [0.15, 0.2) is 71.7 Å². The highest BCUT2D eigenvalue weighted by Crippen LogP contribution is 2.33. The van der Waals surface area contributed by atoms with Crippen molar-refractivity contribution in [2.45, 2.75) is 78.6 Å². The van der Waals surface area contributed by atoms with Crippen molar-refractivity contribution in [3.05, 3.63) is 84.1 Å². The summed E-state index contributed by atoms with van der Waals surface area (Å²) in [6, 6.07) is 12.8. The Labute approximate surface area is 266 Å². The average Bonchev–Trinajstić information content (AvgIpc) is 3.38. The first-order valence-electron chi connectivity index (χ1n) is 16.4. The first kappa shape index (κ1) is 33.5. The number of allylic oxidation sites excluding steroid dienone is 3. The van der Waals surface area contributed by atoms with Crippen molar-refractivity contribution in [3.8, 4) is 5.75 Å². The summed E-state index contributed by atoms with van der Waals surface area (Å²) >= 11 is 0. The van der Waals surface area contributed by atoms with E-state index in [4.69, 9.17) is 10.5 Å². The Hall–Kier alpha value is -3.36. The first-order chi connectivity index (χ1) is 21.6. The van der Waals surface area contributed by atoms with E-state index in [1.807, 2.05) is 12.1 Å². The molecule has 0 atom stereocenters. The van der Waals surface area contributed by atoms with Gasteiger partial charge in [-0.05, 0) is 74.6 Å². The van der Waals surface area contributed by atoms with Crippen LogP contribution in [0.3, 0.4) is 0 Å². The molecule has 3 rings (SSSR count). The highest BCUT2D eigenvalue weighted by molar-refractivity contribution is 7.92. The lowest BCUT2D eigenvalue weighted by Crippen LogP contribution is -2.30. The minimum Gasteiger partial charge on any atom is -0.478 e. The van der Waals surface area contributed by atoms with Gasteiger partial charge in [0.05, 0.1) is 18.9 Å². The number of unbranched alkanes of at least 4 members (excludes halogenated alkanes) is 3. The Morgan fingerprint density at radius 2 is 1.66 bits per heavy atom. The first-order valence-corrected chi connectivity index (χ1v) is 17.8. The van der Waals surface area contributed by atoms with Crippen LogP contribution in [0.5, 0.6) is 5.75 Å². The Morgan fingerprint density at radius 1 is 0.977 bits per heavy atom. The summed E-state index contributed by atoms with van der Waals surface area (Å²) in [7, 11) is -3.62. The molecular weight excluding hydrogens is 572 g/mol. The van der Waals surface area contributed by atoms with Gasteiger partial charge in [-0.3, -0.25) is 14.0 Å². The average molecular weight is 624 g/mol. The fourth-order valence-corrected chi connectivity index (χ4v) is 6.01. The molecule has 240 valence electrons. The Morgan fingerprint density at radius 3 is 2.27 bits per heavy atom. The van der Waals surface area contributed by atoms with Gasteiger partial charge in [-0.2, -0.15) is 0 Å². The zero-order valence-electron chi connectivity index (χ0n) is 27.9. The van der Waals surface area contributed by atoms with Gasteiger partial charge < -0.3 is 9.15 Å². The highest BCUT2D eigenvalue weighted by atomic mass is 32.2. The monoisotopic (exact) mass is 623 g/mol. The van der Waals surface area contributed by atoms with E-state index in [-0.39, 0.29) is 12.3 Å². The van der Waals surface area contributed by atoms with Crippen LogP contribution in [0.25, 0.3) is 11.0 Å². The number of aryl methyl sites for hydroxylation is 1. The van der Waals surface area contributed by atoms with Crippen molar-refractivity contribution in [3.63, 3.8) is 0 Å². The van der Waals surface area contributed by atoms with Crippen LogP contribution in [0.2, 0.25) is 0 Å². The molecule has 0 saturated heterocycles. The number of sulfonamides is 1. The largest absolute Gasteiger partial charge is 0.478 e. The van der Waals surface area contributed by atoms with Gasteiger partial charge >= 0.3 is 0 Å². The number of hydrogen-bond acceptors (Lipinski definition) is 6. The number of benzene rings is 2. The van der Waals surface area contributed by atoms with Crippen LogP contribution < -0.4 is 9.04 Å². The van der Waals surface area contributed by atoms with E-state index in [9.17, 15) is 13.2 Å². The molecule has 2 aromatic carbocycles. The predicted octanol–water partition coefficient (Wildman–Crippen LogP) is 8.53. The summed E-state index contributed by atoms with van der Waals surface area (Å²) in [5, 5.41) is 0.591. The maximum absolute atomic E-state index is 14.0. The second-order valence-corrected chi connectivity index (χ2v) is 13.1. The van der Waals surface area contributed by atoms with Crippen LogP contribution in [0.1, 0.15) is 95.2 Å². The summed E-state index contributed by atoms with van der Waals surface area (Å²) < 4.78 is 47.2. The lowest BCUT2D eigenvalue weighted by atomic mass is 9.98. The van der Waals surface area contributed by atoms with Crippen molar-refractivity contribution in [1.29, 1.82) is 0 Å². The molecule has 0 bridgehead atoms. The number of fused-ring (bicyclic) bond motifs is 1. The molecule has 0 fully saturated rings. The van der Waals surface area contributed by atoms with E-state index < -0.39 is 10.0 Å². The maximum atomic E-state index is 14.0. The molecule has 0 aliphatic carbocycles. The molecule has 1 aromatic heterocycles. The van der Waals surface area contributed by atoms with Crippen molar-refractivity contribution in [2.24, 2.45) is 0 Å². The molecule has 0 radical (unpaired) electrons. The minimum atomic E-state index is -3.62. The molecule has 0 N–H and O–H groups in total. The zero-order valence-corrected chi connectivity index (χ0v) is 27.8. The highest BCUT2D eigenvalue weighted by Gasteiger charge is 2.24. The third kappa shape index (κ3) is 10.1. The Kier molecular flexibility index (Phi) is 13.6. The standard InChI is InChI=1S/C36H50N2O5S/c1-6-10-14-15-16-26-38(44(5,40)41)30-20-23-33-32(27-30)35(34(43-33)17-11-7-2)36(39)29-18-21-31(22-19-29)42-28-37(24-12-8-3)25-13-9-4/h6,10,14,18-23,27H,1,7-9,11-13,15-17,24-26,28H2,2-5H3/b14-10+/i14D. The van der Waals surface area contributed by atoms with Gasteiger partial charge in [-0.1, -0.05) is 64.8 Å². The predicted molar refractivity (Wildman–Crippen MR) is 182 cm³/mol. The molecule has 7 nitrogen and oxygen atoms in total. The van der Waals surface area contributed by atoms with Gasteiger partial charge in [0.1, 0.15) is 23.8 Å². The molecule has 0 amide bonds. The fourth-order valence-electron chi connectivity index (χ4n) is 5.05. The quantitative estimate of drug-likeness (QED) is 0.0672. The number of rotatable bonds is 21. The van der Waals surface area contributed by atoms with E-state index in [0.717, 1.165) is 51.6 Å². The number of hydrogen-bond donors (Lipinski definition) is 0. The molecule has 1 heterocycles. The molecule has 0 unspecified atom stereocenters. The van der Waals surface area contributed by atoms with Crippen molar-refractivity contribution in [1.82, 2.24) is 4.90 Å². The van der Waals surface area contributed by atoms with Gasteiger partial charge in [-0.15, -0.1) is 0 Å². The van der Waals surface area contributed by atoms with Crippen molar-refractivity contribution >= 4 is 32.5 Å². The summed E-state index contributed by atoms with van der Waals surface area (Å²) in [6.07, 6.45) is 12.1. The molecule has 0 spiro atoms. The number of carbonyl (C=O) groups is 1. The third-order valence-corrected chi connectivity index (χ3v) is 8.72. The van der Waals surface area contributed by atoms with Crippen LogP contribution in [-0.4, -0.2) is 51.7 Å². The van der Waals surface area contributed by atoms with Gasteiger partial charge in [0.2, 0.25) is 10.0 Å². The summed E-state index contributed by atoms with van der Waals surface area (Å²) in [5.74, 6) is 1.14. The van der Waals surface area contributed by atoms with Crippen LogP contribution in [-0.2, 0) is 16.4 Å². The molecule has 0 saturated carbocycles. The van der Waals surface area contributed by atoms with Gasteiger partial charge in [-0.25, -0.2) is 8.42 Å². The normalized spacial score (nSPS) is 12.5. The molecule has 44 heavy (non-hydrogen) atoms. The second-order valence-electron chi connectivity index (χ2n) is 11.2. The summed E-state index contributed by atoms with van der Waals surface area (Å²) in [4.78, 5) is 16.4. The number of ketones is 1. The topological polar surface area (TPSA) is 80.1 Å². The minimum absolute atomic E-state index is 0.171. The zero-order chi connectivity index (χ0) is 32.8. The van der Waals surface area contributed by atoms with E-state index in [2.05, 4.69) is 32.3 Å². The lowest BCUT2D eigenvalue weighted by molar-refractivity contribution is 0.103. The molecule has 0 aliphatic rings. The number of ether oxygens (including phenoxy) is 1. The SMILES string of the molecule is [2H]/C(=C\C=C)CCCN(c1ccc2oc(CCCC)c(C(=O)c3ccc(OCN(CCCC)CCCC)cc3)c2c1)S(C)(=O)=O. The van der Waals surface area contributed by atoms with E-state index in [1.165, 1.54) is 10.6 Å². The molecular formula is C36H50N2O5S. The third-order valence-electron chi connectivity index (χ3n) is 7.52. The number of carbonyl (C=O) groups excluding carboxylic acids is 1. The van der Waals surface area contributed by atoms with E-state index in [1.54, 1.807) is 42.5 Å². The van der Waals surface area contributed by atoms with Crippen molar-refractivity contribution < 1.29 is 23.7 Å². The molecule has 8 heteroatoms. The Balaban J connectivity index is 1.90. The van der Waals surface area contributed by atoms with Crippen LogP contribution in [0, 0.1) is 0 Å². The van der Waals surface area contributed by atoms with Crippen molar-refractivity contribution in [2.75, 3.05) is 36.9 Å². The smallest absolute Gasteiger partial charge is 0.232 e. The van der Waals surface area contributed by atoms with Crippen LogP contribution in [0.4, 0.5) is 5.69 Å². The van der Waals surface area contributed by atoms with E-state index in [0.29, 0.717) is 71.3 Å². The second kappa shape index (κ2) is 17.8.